The van der Waals surface area contributed by atoms with Crippen molar-refractivity contribution in [1.29, 1.82) is 0 Å². The van der Waals surface area contributed by atoms with Crippen molar-refractivity contribution in [1.82, 2.24) is 19.7 Å². The maximum atomic E-state index is 13.4. The first kappa shape index (κ1) is 17.4. The van der Waals surface area contributed by atoms with Crippen LogP contribution in [0.25, 0.3) is 17.1 Å². The highest BCUT2D eigenvalue weighted by Crippen LogP contribution is 2.36. The summed E-state index contributed by atoms with van der Waals surface area (Å²) in [6.07, 6.45) is 3.44. The number of hydrogen-bond donors (Lipinski definition) is 0. The summed E-state index contributed by atoms with van der Waals surface area (Å²) in [5.41, 5.74) is 2.93. The normalized spacial score (nSPS) is 12.1. The number of hydrogen-bond acceptors (Lipinski definition) is 4. The molecule has 2 aromatic carbocycles. The molecule has 4 rings (SSSR count). The number of benzene rings is 2. The molecule has 2 aromatic heterocycles. The van der Waals surface area contributed by atoms with Crippen LogP contribution < -0.4 is 0 Å². The second-order valence-electron chi connectivity index (χ2n) is 6.02. The molecular formula is C21H17FN4S. The van der Waals surface area contributed by atoms with E-state index in [0.717, 1.165) is 16.4 Å². The number of thioether (sulfide) groups is 1. The van der Waals surface area contributed by atoms with Crippen molar-refractivity contribution >= 4 is 11.8 Å². The Morgan fingerprint density at radius 3 is 2.30 bits per heavy atom. The molecule has 0 aliphatic carbocycles. The Balaban J connectivity index is 1.77. The van der Waals surface area contributed by atoms with E-state index in [1.165, 1.54) is 17.7 Å². The summed E-state index contributed by atoms with van der Waals surface area (Å²) < 4.78 is 15.4. The van der Waals surface area contributed by atoms with Gasteiger partial charge < -0.3 is 0 Å². The highest BCUT2D eigenvalue weighted by atomic mass is 32.2. The minimum Gasteiger partial charge on any atom is -0.270 e. The van der Waals surface area contributed by atoms with Crippen molar-refractivity contribution in [2.75, 3.05) is 0 Å². The zero-order chi connectivity index (χ0) is 18.6. The third-order valence-electron chi connectivity index (χ3n) is 4.21. The van der Waals surface area contributed by atoms with Crippen LogP contribution in [0, 0.1) is 5.82 Å². The largest absolute Gasteiger partial charge is 0.270 e. The molecule has 6 heteroatoms. The third kappa shape index (κ3) is 3.75. The average molecular weight is 376 g/mol. The Labute approximate surface area is 161 Å². The Morgan fingerprint density at radius 1 is 0.889 bits per heavy atom. The summed E-state index contributed by atoms with van der Waals surface area (Å²) in [7, 11) is 0. The summed E-state index contributed by atoms with van der Waals surface area (Å²) >= 11 is 1.62. The standard InChI is InChI=1S/C21H17FN4S/c1-15(16-5-3-2-4-6-16)27-21-25-24-20(17-11-13-23-14-12-17)26(21)19-9-7-18(22)8-10-19/h2-15H,1H3. The molecule has 0 N–H and O–H groups in total. The molecule has 0 amide bonds. The zero-order valence-electron chi connectivity index (χ0n) is 14.7. The van der Waals surface area contributed by atoms with Crippen molar-refractivity contribution in [3.05, 3.63) is 90.5 Å². The van der Waals surface area contributed by atoms with Crippen LogP contribution in [0.5, 0.6) is 0 Å². The molecule has 0 fully saturated rings. The van der Waals surface area contributed by atoms with Crippen LogP contribution in [-0.2, 0) is 0 Å². The van der Waals surface area contributed by atoms with Crippen LogP contribution in [0.4, 0.5) is 4.39 Å². The van der Waals surface area contributed by atoms with E-state index in [2.05, 4.69) is 34.2 Å². The van der Waals surface area contributed by atoms with E-state index in [0.29, 0.717) is 5.82 Å². The lowest BCUT2D eigenvalue weighted by molar-refractivity contribution is 0.627. The molecule has 2 heterocycles. The van der Waals surface area contributed by atoms with Gasteiger partial charge in [0.2, 0.25) is 0 Å². The Hall–Kier alpha value is -2.99. The molecule has 1 atom stereocenters. The van der Waals surface area contributed by atoms with Crippen molar-refractivity contribution in [2.24, 2.45) is 0 Å². The van der Waals surface area contributed by atoms with E-state index in [1.807, 2.05) is 34.9 Å². The maximum Gasteiger partial charge on any atom is 0.196 e. The molecule has 134 valence electrons. The summed E-state index contributed by atoms with van der Waals surface area (Å²) in [6.45, 7) is 2.13. The van der Waals surface area contributed by atoms with E-state index in [1.54, 1.807) is 36.3 Å². The van der Waals surface area contributed by atoms with Gasteiger partial charge in [-0.2, -0.15) is 0 Å². The Bertz CT molecular complexity index is 1020. The molecule has 1 unspecified atom stereocenters. The molecule has 0 saturated heterocycles. The van der Waals surface area contributed by atoms with Gasteiger partial charge in [0.1, 0.15) is 5.82 Å². The van der Waals surface area contributed by atoms with Crippen LogP contribution in [0.3, 0.4) is 0 Å². The Morgan fingerprint density at radius 2 is 1.59 bits per heavy atom. The van der Waals surface area contributed by atoms with Gasteiger partial charge >= 0.3 is 0 Å². The van der Waals surface area contributed by atoms with Crippen molar-refractivity contribution in [2.45, 2.75) is 17.3 Å². The van der Waals surface area contributed by atoms with E-state index in [9.17, 15) is 4.39 Å². The molecule has 4 nitrogen and oxygen atoms in total. The van der Waals surface area contributed by atoms with Gasteiger partial charge in [0.25, 0.3) is 0 Å². The second-order valence-corrected chi connectivity index (χ2v) is 7.33. The number of rotatable bonds is 5. The van der Waals surface area contributed by atoms with Gasteiger partial charge in [0.05, 0.1) is 0 Å². The van der Waals surface area contributed by atoms with E-state index in [-0.39, 0.29) is 11.1 Å². The maximum absolute atomic E-state index is 13.4. The lowest BCUT2D eigenvalue weighted by Gasteiger charge is -2.14. The fourth-order valence-corrected chi connectivity index (χ4v) is 3.80. The SMILES string of the molecule is CC(Sc1nnc(-c2ccncc2)n1-c1ccc(F)cc1)c1ccccc1. The highest BCUT2D eigenvalue weighted by molar-refractivity contribution is 7.99. The summed E-state index contributed by atoms with van der Waals surface area (Å²) in [5, 5.41) is 9.77. The summed E-state index contributed by atoms with van der Waals surface area (Å²) in [5.74, 6) is 0.427. The van der Waals surface area contributed by atoms with Gasteiger partial charge in [-0.25, -0.2) is 4.39 Å². The van der Waals surface area contributed by atoms with E-state index < -0.39 is 0 Å². The van der Waals surface area contributed by atoms with Gasteiger partial charge in [-0.15, -0.1) is 10.2 Å². The first-order chi connectivity index (χ1) is 13.2. The predicted octanol–water partition coefficient (Wildman–Crippen LogP) is 5.32. The predicted molar refractivity (Wildman–Crippen MR) is 105 cm³/mol. The molecule has 0 bridgehead atoms. The van der Waals surface area contributed by atoms with Crippen LogP contribution in [0.2, 0.25) is 0 Å². The smallest absolute Gasteiger partial charge is 0.196 e. The van der Waals surface area contributed by atoms with Crippen LogP contribution in [0.15, 0.2) is 84.3 Å². The Kier molecular flexibility index (Phi) is 4.98. The lowest BCUT2D eigenvalue weighted by atomic mass is 10.2. The fraction of sp³-hybridized carbons (Fsp3) is 0.0952. The van der Waals surface area contributed by atoms with Crippen molar-refractivity contribution < 1.29 is 4.39 Å². The molecule has 0 aliphatic heterocycles. The first-order valence-corrected chi connectivity index (χ1v) is 9.43. The number of halogens is 1. The highest BCUT2D eigenvalue weighted by Gasteiger charge is 2.19. The number of nitrogens with zero attached hydrogens (tertiary/aromatic N) is 4. The number of aromatic nitrogens is 4. The minimum atomic E-state index is -0.274. The second kappa shape index (κ2) is 7.72. The van der Waals surface area contributed by atoms with Gasteiger partial charge in [-0.3, -0.25) is 9.55 Å². The minimum absolute atomic E-state index is 0.194. The van der Waals surface area contributed by atoms with E-state index in [4.69, 9.17) is 0 Å². The van der Waals surface area contributed by atoms with Gasteiger partial charge in [0.15, 0.2) is 11.0 Å². The van der Waals surface area contributed by atoms with Gasteiger partial charge in [-0.1, -0.05) is 42.1 Å². The molecule has 0 radical (unpaired) electrons. The average Bonchev–Trinajstić information content (AvgIpc) is 3.13. The fourth-order valence-electron chi connectivity index (χ4n) is 2.81. The summed E-state index contributed by atoms with van der Waals surface area (Å²) in [4.78, 5) is 4.07. The van der Waals surface area contributed by atoms with Crippen LogP contribution in [0.1, 0.15) is 17.7 Å². The van der Waals surface area contributed by atoms with Crippen LogP contribution >= 0.6 is 11.8 Å². The first-order valence-electron chi connectivity index (χ1n) is 8.56. The molecule has 0 aliphatic rings. The molecule has 4 aromatic rings. The van der Waals surface area contributed by atoms with Crippen molar-refractivity contribution in [3.8, 4) is 17.1 Å². The van der Waals surface area contributed by atoms with Crippen LogP contribution in [-0.4, -0.2) is 19.7 Å². The van der Waals surface area contributed by atoms with Gasteiger partial charge in [0, 0.05) is 28.9 Å². The zero-order valence-corrected chi connectivity index (χ0v) is 15.5. The van der Waals surface area contributed by atoms with Crippen molar-refractivity contribution in [3.63, 3.8) is 0 Å². The number of pyridine rings is 1. The van der Waals surface area contributed by atoms with E-state index >= 15 is 0 Å². The third-order valence-corrected chi connectivity index (χ3v) is 5.31. The van der Waals surface area contributed by atoms with Gasteiger partial charge in [-0.05, 0) is 48.9 Å². The summed E-state index contributed by atoms with van der Waals surface area (Å²) in [6, 6.07) is 20.4. The molecular weight excluding hydrogens is 359 g/mol. The topological polar surface area (TPSA) is 43.6 Å². The monoisotopic (exact) mass is 376 g/mol. The quantitative estimate of drug-likeness (QED) is 0.442. The molecule has 0 saturated carbocycles. The molecule has 0 spiro atoms. The molecule has 27 heavy (non-hydrogen) atoms. The lowest BCUT2D eigenvalue weighted by Crippen LogP contribution is -2.01.